The van der Waals surface area contributed by atoms with Gasteiger partial charge in [0.05, 0.1) is 11.2 Å². The molecule has 1 aromatic rings. The Bertz CT molecular complexity index is 548. The molecule has 7 heteroatoms. The van der Waals surface area contributed by atoms with Gasteiger partial charge in [-0.3, -0.25) is 24.5 Å². The molecule has 20 heavy (non-hydrogen) atoms. The number of likely N-dealkylation sites (tertiary alicyclic amines) is 1. The van der Waals surface area contributed by atoms with Gasteiger partial charge in [0.15, 0.2) is 0 Å². The van der Waals surface area contributed by atoms with Crippen molar-refractivity contribution < 1.29 is 9.59 Å². The minimum atomic E-state index is -0.1000. The van der Waals surface area contributed by atoms with Crippen molar-refractivity contribution >= 4 is 40.6 Å². The van der Waals surface area contributed by atoms with E-state index in [1.807, 2.05) is 0 Å². The largest absolute Gasteiger partial charge is 0.291 e. The summed E-state index contributed by atoms with van der Waals surface area (Å²) in [6.07, 6.45) is 2.03. The number of amides is 2. The van der Waals surface area contributed by atoms with Crippen LogP contribution in [0.2, 0.25) is 0 Å². The van der Waals surface area contributed by atoms with Crippen molar-refractivity contribution in [3.63, 3.8) is 0 Å². The van der Waals surface area contributed by atoms with Crippen LogP contribution in [0.4, 0.5) is 5.00 Å². The Hall–Kier alpha value is -1.89. The highest BCUT2D eigenvalue weighted by atomic mass is 32.1. The topological polar surface area (TPSA) is 75.0 Å². The van der Waals surface area contributed by atoms with Gasteiger partial charge in [0.1, 0.15) is 10.7 Å². The standard InChI is InChI=1S/C13H16N4O2S/c1-14-9(12-13(15-2)20-8-16-12)6-7-17-10(18)4-3-5-11(17)19/h8H,2-7H2,1H3/b14-9-. The quantitative estimate of drug-likeness (QED) is 0.613. The number of carbonyl (C=O) groups excluding carboxylic acids is 2. The summed E-state index contributed by atoms with van der Waals surface area (Å²) in [5.74, 6) is -0.200. The first-order valence-electron chi connectivity index (χ1n) is 6.36. The van der Waals surface area contributed by atoms with Crippen molar-refractivity contribution in [2.75, 3.05) is 13.6 Å². The van der Waals surface area contributed by atoms with Gasteiger partial charge in [-0.25, -0.2) is 4.98 Å². The van der Waals surface area contributed by atoms with Gasteiger partial charge in [-0.2, -0.15) is 0 Å². The predicted molar refractivity (Wildman–Crippen MR) is 79.0 cm³/mol. The van der Waals surface area contributed by atoms with Crippen LogP contribution in [0.5, 0.6) is 0 Å². The molecule has 0 unspecified atom stereocenters. The third-order valence-electron chi connectivity index (χ3n) is 3.19. The van der Waals surface area contributed by atoms with Gasteiger partial charge in [-0.05, 0) is 13.1 Å². The summed E-state index contributed by atoms with van der Waals surface area (Å²) >= 11 is 1.39. The Morgan fingerprint density at radius 1 is 1.45 bits per heavy atom. The highest BCUT2D eigenvalue weighted by Gasteiger charge is 2.26. The first-order chi connectivity index (χ1) is 9.67. The molecular formula is C13H16N4O2S. The lowest BCUT2D eigenvalue weighted by molar-refractivity contribution is -0.147. The van der Waals surface area contributed by atoms with Gasteiger partial charge in [-0.15, -0.1) is 11.3 Å². The van der Waals surface area contributed by atoms with Crippen molar-refractivity contribution in [1.29, 1.82) is 0 Å². The molecule has 2 rings (SSSR count). The van der Waals surface area contributed by atoms with Crippen LogP contribution in [-0.2, 0) is 9.59 Å². The summed E-state index contributed by atoms with van der Waals surface area (Å²) in [5, 5.41) is 0.710. The number of aromatic nitrogens is 1. The third-order valence-corrected chi connectivity index (χ3v) is 3.95. The summed E-state index contributed by atoms with van der Waals surface area (Å²) in [6.45, 7) is 3.85. The number of hydrogen-bond acceptors (Lipinski definition) is 6. The SMILES string of the molecule is C=Nc1scnc1/C(CCN1C(=O)CCCC1=O)=N\C. The zero-order valence-electron chi connectivity index (χ0n) is 11.3. The van der Waals surface area contributed by atoms with Gasteiger partial charge in [0.2, 0.25) is 11.8 Å². The van der Waals surface area contributed by atoms with E-state index >= 15 is 0 Å². The molecule has 0 spiro atoms. The molecule has 2 amide bonds. The van der Waals surface area contributed by atoms with Crippen molar-refractivity contribution in [2.45, 2.75) is 25.7 Å². The van der Waals surface area contributed by atoms with Gasteiger partial charge >= 0.3 is 0 Å². The summed E-state index contributed by atoms with van der Waals surface area (Å²) in [6, 6.07) is 0. The minimum Gasteiger partial charge on any atom is -0.291 e. The fourth-order valence-corrected chi connectivity index (χ4v) is 2.77. The molecule has 106 valence electrons. The number of piperidine rings is 1. The van der Waals surface area contributed by atoms with E-state index in [1.165, 1.54) is 16.2 Å². The second kappa shape index (κ2) is 6.51. The number of nitrogens with zero attached hydrogens (tertiary/aromatic N) is 4. The van der Waals surface area contributed by atoms with Crippen LogP contribution in [0.25, 0.3) is 0 Å². The van der Waals surface area contributed by atoms with E-state index in [9.17, 15) is 9.59 Å². The van der Waals surface area contributed by atoms with Crippen LogP contribution in [0.3, 0.4) is 0 Å². The fraction of sp³-hybridized carbons (Fsp3) is 0.462. The molecule has 1 aliphatic rings. The Balaban J connectivity index is 2.06. The number of imide groups is 1. The number of hydrogen-bond donors (Lipinski definition) is 0. The van der Waals surface area contributed by atoms with Gasteiger partial charge in [0.25, 0.3) is 0 Å². The van der Waals surface area contributed by atoms with Crippen LogP contribution < -0.4 is 0 Å². The van der Waals surface area contributed by atoms with E-state index in [0.29, 0.717) is 42.9 Å². The highest BCUT2D eigenvalue weighted by molar-refractivity contribution is 7.14. The van der Waals surface area contributed by atoms with E-state index < -0.39 is 0 Å². The zero-order chi connectivity index (χ0) is 14.5. The lowest BCUT2D eigenvalue weighted by atomic mass is 10.1. The molecule has 1 aromatic heterocycles. The second-order valence-electron chi connectivity index (χ2n) is 4.38. The lowest BCUT2D eigenvalue weighted by Crippen LogP contribution is -2.41. The van der Waals surface area contributed by atoms with Gasteiger partial charge in [-0.1, -0.05) is 0 Å². The van der Waals surface area contributed by atoms with Crippen molar-refractivity contribution in [3.05, 3.63) is 11.2 Å². The molecule has 6 nitrogen and oxygen atoms in total. The molecule has 0 bridgehead atoms. The Kier molecular flexibility index (Phi) is 4.73. The normalized spacial score (nSPS) is 16.6. The molecular weight excluding hydrogens is 276 g/mol. The molecule has 1 fully saturated rings. The lowest BCUT2D eigenvalue weighted by Gasteiger charge is -2.24. The molecule has 0 aromatic carbocycles. The van der Waals surface area contributed by atoms with Crippen LogP contribution in [0, 0.1) is 0 Å². The summed E-state index contributed by atoms with van der Waals surface area (Å²) in [4.78, 5) is 37.1. The minimum absolute atomic E-state index is 0.1000. The van der Waals surface area contributed by atoms with Crippen molar-refractivity contribution in [1.82, 2.24) is 9.88 Å². The van der Waals surface area contributed by atoms with Crippen LogP contribution in [0.15, 0.2) is 15.5 Å². The molecule has 0 atom stereocenters. The van der Waals surface area contributed by atoms with Gasteiger partial charge in [0, 0.05) is 32.9 Å². The molecule has 0 saturated carbocycles. The summed E-state index contributed by atoms with van der Waals surface area (Å²) in [5.41, 5.74) is 3.10. The first-order valence-corrected chi connectivity index (χ1v) is 7.24. The Labute approximate surface area is 121 Å². The summed E-state index contributed by atoms with van der Waals surface area (Å²) < 4.78 is 0. The van der Waals surface area contributed by atoms with Crippen molar-refractivity contribution in [3.8, 4) is 0 Å². The van der Waals surface area contributed by atoms with Crippen LogP contribution in [-0.4, -0.2) is 47.7 Å². The third kappa shape index (κ3) is 2.98. The van der Waals surface area contributed by atoms with E-state index in [2.05, 4.69) is 21.7 Å². The first kappa shape index (κ1) is 14.5. The molecule has 1 saturated heterocycles. The fourth-order valence-electron chi connectivity index (χ4n) is 2.15. The maximum atomic E-state index is 11.7. The van der Waals surface area contributed by atoms with E-state index in [0.717, 1.165) is 5.71 Å². The van der Waals surface area contributed by atoms with Crippen LogP contribution in [0.1, 0.15) is 31.4 Å². The van der Waals surface area contributed by atoms with Crippen LogP contribution >= 0.6 is 11.3 Å². The Morgan fingerprint density at radius 2 is 2.15 bits per heavy atom. The molecule has 0 radical (unpaired) electrons. The number of rotatable bonds is 5. The zero-order valence-corrected chi connectivity index (χ0v) is 12.2. The van der Waals surface area contributed by atoms with E-state index in [1.54, 1.807) is 12.6 Å². The predicted octanol–water partition coefficient (Wildman–Crippen LogP) is 1.82. The maximum Gasteiger partial charge on any atom is 0.229 e. The average molecular weight is 292 g/mol. The van der Waals surface area contributed by atoms with E-state index in [-0.39, 0.29) is 11.8 Å². The molecule has 0 aliphatic carbocycles. The number of thiazole rings is 1. The van der Waals surface area contributed by atoms with E-state index in [4.69, 9.17) is 0 Å². The maximum absolute atomic E-state index is 11.7. The monoisotopic (exact) mass is 292 g/mol. The molecule has 1 aliphatic heterocycles. The second-order valence-corrected chi connectivity index (χ2v) is 5.21. The van der Waals surface area contributed by atoms with Gasteiger partial charge < -0.3 is 0 Å². The summed E-state index contributed by atoms with van der Waals surface area (Å²) in [7, 11) is 1.67. The highest BCUT2D eigenvalue weighted by Crippen LogP contribution is 2.25. The number of carbonyl (C=O) groups is 2. The number of aliphatic imine (C=N–C) groups is 2. The molecule has 0 N–H and O–H groups in total. The smallest absolute Gasteiger partial charge is 0.229 e. The molecule has 2 heterocycles. The van der Waals surface area contributed by atoms with Crippen molar-refractivity contribution in [2.24, 2.45) is 9.98 Å². The Morgan fingerprint density at radius 3 is 2.75 bits per heavy atom. The average Bonchev–Trinajstić information content (AvgIpc) is 2.90.